The van der Waals surface area contributed by atoms with E-state index in [0.29, 0.717) is 24.3 Å². The van der Waals surface area contributed by atoms with E-state index in [9.17, 15) is 14.9 Å². The maximum absolute atomic E-state index is 13.1. The van der Waals surface area contributed by atoms with Crippen molar-refractivity contribution in [2.24, 2.45) is 0 Å². The SMILES string of the molecule is O=C(c1ccc([N+](=O)[O-])cc1Cl)N1CCc2cn[nH]c2-c2ncccc21. The van der Waals surface area contributed by atoms with Crippen molar-refractivity contribution in [3.05, 3.63) is 69.0 Å². The molecule has 0 saturated carbocycles. The first-order chi connectivity index (χ1) is 12.6. The number of amides is 1. The minimum Gasteiger partial charge on any atom is -0.306 e. The van der Waals surface area contributed by atoms with Crippen LogP contribution in [-0.2, 0) is 6.42 Å². The summed E-state index contributed by atoms with van der Waals surface area (Å²) in [6.45, 7) is 0.414. The van der Waals surface area contributed by atoms with E-state index in [1.54, 1.807) is 29.4 Å². The van der Waals surface area contributed by atoms with Crippen molar-refractivity contribution in [2.45, 2.75) is 6.42 Å². The molecule has 0 radical (unpaired) electrons. The number of H-pyrrole nitrogens is 1. The summed E-state index contributed by atoms with van der Waals surface area (Å²) >= 11 is 6.14. The Labute approximate surface area is 152 Å². The minimum atomic E-state index is -0.551. The molecule has 3 aromatic rings. The molecule has 2 aromatic heterocycles. The molecule has 0 aliphatic carbocycles. The third-order valence-corrected chi connectivity index (χ3v) is 4.59. The summed E-state index contributed by atoms with van der Waals surface area (Å²) < 4.78 is 0. The average Bonchev–Trinajstić information content (AvgIpc) is 3.04. The van der Waals surface area contributed by atoms with E-state index >= 15 is 0 Å². The van der Waals surface area contributed by atoms with Gasteiger partial charge in [0.15, 0.2) is 0 Å². The number of nitrogens with one attached hydrogen (secondary N) is 1. The van der Waals surface area contributed by atoms with Crippen LogP contribution in [-0.4, -0.2) is 32.6 Å². The number of rotatable bonds is 2. The fourth-order valence-electron chi connectivity index (χ4n) is 3.01. The lowest BCUT2D eigenvalue weighted by molar-refractivity contribution is -0.384. The van der Waals surface area contributed by atoms with Gasteiger partial charge in [0.25, 0.3) is 11.6 Å². The number of hydrogen-bond donors (Lipinski definition) is 1. The van der Waals surface area contributed by atoms with Gasteiger partial charge >= 0.3 is 0 Å². The van der Waals surface area contributed by atoms with Crippen molar-refractivity contribution in [3.8, 4) is 11.4 Å². The fraction of sp³-hybridized carbons (Fsp3) is 0.118. The summed E-state index contributed by atoms with van der Waals surface area (Å²) in [5, 5.41) is 17.9. The third kappa shape index (κ3) is 2.60. The predicted octanol–water partition coefficient (Wildman–Crippen LogP) is 3.24. The number of pyridine rings is 1. The molecule has 0 atom stereocenters. The number of fused-ring (bicyclic) bond motifs is 3. The number of anilines is 1. The van der Waals surface area contributed by atoms with Gasteiger partial charge in [-0.1, -0.05) is 11.6 Å². The number of nitro groups is 1. The Balaban J connectivity index is 1.78. The van der Waals surface area contributed by atoms with E-state index in [2.05, 4.69) is 15.2 Å². The van der Waals surface area contributed by atoms with Crippen LogP contribution in [0.1, 0.15) is 15.9 Å². The number of halogens is 1. The van der Waals surface area contributed by atoms with E-state index in [-0.39, 0.29) is 22.2 Å². The van der Waals surface area contributed by atoms with Gasteiger partial charge in [0.2, 0.25) is 0 Å². The zero-order valence-corrected chi connectivity index (χ0v) is 14.1. The molecule has 1 N–H and O–H groups in total. The highest BCUT2D eigenvalue weighted by atomic mass is 35.5. The van der Waals surface area contributed by atoms with Crippen LogP contribution < -0.4 is 4.90 Å². The summed E-state index contributed by atoms with van der Waals surface area (Å²) in [6.07, 6.45) is 3.97. The molecule has 0 fully saturated rings. The molecule has 0 spiro atoms. The van der Waals surface area contributed by atoms with E-state index in [4.69, 9.17) is 11.6 Å². The number of non-ortho nitro benzene ring substituents is 1. The molecule has 9 heteroatoms. The molecule has 8 nitrogen and oxygen atoms in total. The summed E-state index contributed by atoms with van der Waals surface area (Å²) in [7, 11) is 0. The maximum Gasteiger partial charge on any atom is 0.270 e. The maximum atomic E-state index is 13.1. The number of carbonyl (C=O) groups is 1. The number of nitrogens with zero attached hydrogens (tertiary/aromatic N) is 4. The molecular formula is C17H12ClN5O3. The smallest absolute Gasteiger partial charge is 0.270 e. The molecule has 26 heavy (non-hydrogen) atoms. The number of carbonyl (C=O) groups excluding carboxylic acids is 1. The monoisotopic (exact) mass is 369 g/mol. The van der Waals surface area contributed by atoms with Crippen LogP contribution in [0.2, 0.25) is 5.02 Å². The van der Waals surface area contributed by atoms with Crippen molar-refractivity contribution < 1.29 is 9.72 Å². The van der Waals surface area contributed by atoms with Crippen LogP contribution in [0.25, 0.3) is 11.4 Å². The standard InChI is InChI=1S/C17H12ClN5O3/c18-13-8-11(23(25)26)3-4-12(13)17(24)22-7-5-10-9-20-21-15(10)16-14(22)2-1-6-19-16/h1-4,6,8-9H,5,7H2,(H,20,21). The molecular weight excluding hydrogens is 358 g/mol. The number of benzene rings is 1. The zero-order chi connectivity index (χ0) is 18.3. The van der Waals surface area contributed by atoms with Crippen molar-refractivity contribution in [3.63, 3.8) is 0 Å². The van der Waals surface area contributed by atoms with Gasteiger partial charge in [0, 0.05) is 30.4 Å². The van der Waals surface area contributed by atoms with Gasteiger partial charge < -0.3 is 4.90 Å². The Kier molecular flexibility index (Phi) is 3.89. The average molecular weight is 370 g/mol. The second-order valence-corrected chi connectivity index (χ2v) is 6.18. The third-order valence-electron chi connectivity index (χ3n) is 4.28. The number of aromatic nitrogens is 3. The molecule has 130 valence electrons. The molecule has 1 aliphatic heterocycles. The van der Waals surface area contributed by atoms with Crippen LogP contribution in [0, 0.1) is 10.1 Å². The van der Waals surface area contributed by atoms with Gasteiger partial charge in [0.05, 0.1) is 33.1 Å². The predicted molar refractivity (Wildman–Crippen MR) is 95.3 cm³/mol. The topological polar surface area (TPSA) is 105 Å². The van der Waals surface area contributed by atoms with Crippen molar-refractivity contribution in [1.29, 1.82) is 0 Å². The van der Waals surface area contributed by atoms with Gasteiger partial charge in [0.1, 0.15) is 5.69 Å². The lowest BCUT2D eigenvalue weighted by Crippen LogP contribution is -2.32. The second-order valence-electron chi connectivity index (χ2n) is 5.77. The Morgan fingerprint density at radius 1 is 1.35 bits per heavy atom. The highest BCUT2D eigenvalue weighted by Crippen LogP contribution is 2.34. The van der Waals surface area contributed by atoms with Gasteiger partial charge in [-0.25, -0.2) is 0 Å². The van der Waals surface area contributed by atoms with Crippen LogP contribution in [0.4, 0.5) is 11.4 Å². The summed E-state index contributed by atoms with van der Waals surface area (Å²) in [4.78, 5) is 29.4. The number of aromatic amines is 1. The molecule has 1 aliphatic rings. The molecule has 0 bridgehead atoms. The zero-order valence-electron chi connectivity index (χ0n) is 13.3. The Bertz CT molecular complexity index is 1030. The second kappa shape index (κ2) is 6.23. The van der Waals surface area contributed by atoms with Gasteiger partial charge in [-0.3, -0.25) is 25.0 Å². The molecule has 3 heterocycles. The first-order valence-electron chi connectivity index (χ1n) is 7.79. The Hall–Kier alpha value is -3.26. The van der Waals surface area contributed by atoms with Crippen LogP contribution >= 0.6 is 11.6 Å². The summed E-state index contributed by atoms with van der Waals surface area (Å²) in [5.74, 6) is -0.336. The lowest BCUT2D eigenvalue weighted by Gasteiger charge is -2.22. The van der Waals surface area contributed by atoms with Gasteiger partial charge in [-0.2, -0.15) is 5.10 Å². The fourth-order valence-corrected chi connectivity index (χ4v) is 3.27. The first kappa shape index (κ1) is 16.2. The molecule has 0 unspecified atom stereocenters. The molecule has 1 aromatic carbocycles. The van der Waals surface area contributed by atoms with Crippen LogP contribution in [0.3, 0.4) is 0 Å². The Morgan fingerprint density at radius 2 is 2.19 bits per heavy atom. The van der Waals surface area contributed by atoms with Gasteiger partial charge in [-0.05, 0) is 24.6 Å². The van der Waals surface area contributed by atoms with Crippen molar-refractivity contribution in [2.75, 3.05) is 11.4 Å². The minimum absolute atomic E-state index is 0.0408. The van der Waals surface area contributed by atoms with E-state index in [0.717, 1.165) is 11.3 Å². The van der Waals surface area contributed by atoms with E-state index in [1.807, 2.05) is 0 Å². The van der Waals surface area contributed by atoms with Crippen LogP contribution in [0.5, 0.6) is 0 Å². The normalized spacial score (nSPS) is 12.9. The quantitative estimate of drug-likeness (QED) is 0.551. The van der Waals surface area contributed by atoms with Gasteiger partial charge in [-0.15, -0.1) is 0 Å². The first-order valence-corrected chi connectivity index (χ1v) is 8.17. The molecule has 0 saturated heterocycles. The molecule has 4 rings (SSSR count). The van der Waals surface area contributed by atoms with Crippen molar-refractivity contribution in [1.82, 2.24) is 15.2 Å². The van der Waals surface area contributed by atoms with E-state index < -0.39 is 4.92 Å². The lowest BCUT2D eigenvalue weighted by atomic mass is 10.1. The largest absolute Gasteiger partial charge is 0.306 e. The Morgan fingerprint density at radius 3 is 2.96 bits per heavy atom. The van der Waals surface area contributed by atoms with E-state index in [1.165, 1.54) is 18.2 Å². The molecule has 1 amide bonds. The summed E-state index contributed by atoms with van der Waals surface area (Å²) in [6, 6.07) is 7.38. The summed E-state index contributed by atoms with van der Waals surface area (Å²) in [5.41, 5.74) is 3.06. The van der Waals surface area contributed by atoms with Crippen LogP contribution in [0.15, 0.2) is 42.7 Å². The van der Waals surface area contributed by atoms with Crippen molar-refractivity contribution >= 4 is 28.9 Å². The number of hydrogen-bond acceptors (Lipinski definition) is 5. The highest BCUT2D eigenvalue weighted by molar-refractivity contribution is 6.34. The number of nitro benzene ring substituents is 1. The highest BCUT2D eigenvalue weighted by Gasteiger charge is 2.28.